The molecule has 108 valence electrons. The molecule has 0 atom stereocenters. The lowest BCUT2D eigenvalue weighted by Crippen LogP contribution is -2.27. The number of nitrogens with zero attached hydrogens (tertiary/aromatic N) is 4. The number of hydrogen-bond donors (Lipinski definition) is 2. The Bertz CT molecular complexity index is 643. The number of hydrogen-bond acceptors (Lipinski definition) is 5. The van der Waals surface area contributed by atoms with Crippen molar-refractivity contribution in [3.05, 3.63) is 42.0 Å². The molecular formula is C14H15N5O2. The summed E-state index contributed by atoms with van der Waals surface area (Å²) in [5.41, 5.74) is 1.09. The minimum absolute atomic E-state index is 0.0168. The van der Waals surface area contributed by atoms with Crippen molar-refractivity contribution in [2.45, 2.75) is 13.0 Å². The summed E-state index contributed by atoms with van der Waals surface area (Å²) >= 11 is 0. The van der Waals surface area contributed by atoms with E-state index in [9.17, 15) is 4.79 Å². The summed E-state index contributed by atoms with van der Waals surface area (Å²) in [7, 11) is 0. The summed E-state index contributed by atoms with van der Waals surface area (Å²) in [6, 6.07) is 1.67. The maximum Gasteiger partial charge on any atom is 0.252 e. The van der Waals surface area contributed by atoms with Crippen LogP contribution in [0.15, 0.2) is 30.9 Å². The molecule has 7 heteroatoms. The van der Waals surface area contributed by atoms with Gasteiger partial charge in [0.25, 0.3) is 5.91 Å². The molecule has 0 aliphatic heterocycles. The maximum absolute atomic E-state index is 12.0. The largest absolute Gasteiger partial charge is 0.395 e. The van der Waals surface area contributed by atoms with Gasteiger partial charge in [-0.3, -0.25) is 14.5 Å². The number of aromatic nitrogens is 4. The van der Waals surface area contributed by atoms with Crippen molar-refractivity contribution >= 4 is 5.91 Å². The summed E-state index contributed by atoms with van der Waals surface area (Å²) in [6.07, 6.45) is 6.78. The first-order valence-corrected chi connectivity index (χ1v) is 6.46. The van der Waals surface area contributed by atoms with Crippen molar-refractivity contribution in [3.8, 4) is 11.8 Å². The van der Waals surface area contributed by atoms with Crippen molar-refractivity contribution in [2.24, 2.45) is 0 Å². The van der Waals surface area contributed by atoms with Gasteiger partial charge in [-0.05, 0) is 6.07 Å². The van der Waals surface area contributed by atoms with Crippen LogP contribution in [0, 0.1) is 11.8 Å². The minimum atomic E-state index is -0.214. The summed E-state index contributed by atoms with van der Waals surface area (Å²) < 4.78 is 1.63. The quantitative estimate of drug-likeness (QED) is 0.744. The Labute approximate surface area is 122 Å². The molecule has 2 rings (SSSR count). The summed E-state index contributed by atoms with van der Waals surface area (Å²) in [6.45, 7) is 1.01. The number of carbonyl (C=O) groups is 1. The summed E-state index contributed by atoms with van der Waals surface area (Å²) in [5.74, 6) is 5.42. The smallest absolute Gasteiger partial charge is 0.252 e. The van der Waals surface area contributed by atoms with Gasteiger partial charge in [0.05, 0.1) is 24.9 Å². The second kappa shape index (κ2) is 7.77. The molecule has 7 nitrogen and oxygen atoms in total. The van der Waals surface area contributed by atoms with Crippen LogP contribution in [0.1, 0.15) is 22.3 Å². The Kier molecular flexibility index (Phi) is 5.43. The molecule has 0 aliphatic carbocycles. The number of aliphatic hydroxyl groups is 1. The first-order chi connectivity index (χ1) is 10.3. The molecule has 0 aromatic carbocycles. The summed E-state index contributed by atoms with van der Waals surface area (Å²) in [5, 5.41) is 18.9. The van der Waals surface area contributed by atoms with Crippen molar-refractivity contribution in [1.82, 2.24) is 25.3 Å². The molecule has 0 aliphatic rings. The highest BCUT2D eigenvalue weighted by molar-refractivity contribution is 5.94. The number of carbonyl (C=O) groups excluding carboxylic acids is 1. The number of amides is 1. The van der Waals surface area contributed by atoms with E-state index in [1.54, 1.807) is 29.3 Å². The van der Waals surface area contributed by atoms with Crippen LogP contribution in [-0.4, -0.2) is 44.1 Å². The van der Waals surface area contributed by atoms with Crippen molar-refractivity contribution in [3.63, 3.8) is 0 Å². The second-order valence-electron chi connectivity index (χ2n) is 4.16. The Balaban J connectivity index is 1.90. The third-order valence-corrected chi connectivity index (χ3v) is 2.57. The standard InChI is InChI=1S/C14H15N5O2/c20-8-2-1-3-12-9-13(11-15-10-12)14(21)16-4-6-19-7-5-17-18-19/h5,7,9-11,20H,2,4,6,8H2,(H,16,21). The molecule has 2 heterocycles. The first-order valence-electron chi connectivity index (χ1n) is 6.46. The first kappa shape index (κ1) is 14.7. The molecule has 2 aromatic rings. The van der Waals surface area contributed by atoms with Gasteiger partial charge < -0.3 is 10.4 Å². The molecule has 0 saturated carbocycles. The Morgan fingerprint density at radius 1 is 1.43 bits per heavy atom. The predicted octanol–water partition coefficient (Wildman–Crippen LogP) is -0.163. The number of pyridine rings is 1. The molecule has 21 heavy (non-hydrogen) atoms. The van der Waals surface area contributed by atoms with Crippen molar-refractivity contribution in [2.75, 3.05) is 13.2 Å². The van der Waals surface area contributed by atoms with Gasteiger partial charge in [0, 0.05) is 37.1 Å². The van der Waals surface area contributed by atoms with Crippen LogP contribution in [0.3, 0.4) is 0 Å². The fourth-order valence-electron chi connectivity index (χ4n) is 1.59. The van der Waals surface area contributed by atoms with Gasteiger partial charge in [-0.2, -0.15) is 0 Å². The zero-order valence-corrected chi connectivity index (χ0v) is 11.4. The molecule has 0 radical (unpaired) electrons. The zero-order valence-electron chi connectivity index (χ0n) is 11.4. The van der Waals surface area contributed by atoms with Crippen LogP contribution in [-0.2, 0) is 6.54 Å². The fraction of sp³-hybridized carbons (Fsp3) is 0.286. The molecule has 0 fully saturated rings. The van der Waals surface area contributed by atoms with Gasteiger partial charge in [0.1, 0.15) is 0 Å². The van der Waals surface area contributed by atoms with Gasteiger partial charge in [-0.15, -0.1) is 5.10 Å². The number of nitrogens with one attached hydrogen (secondary N) is 1. The van der Waals surface area contributed by atoms with Crippen LogP contribution < -0.4 is 5.32 Å². The van der Waals surface area contributed by atoms with Gasteiger partial charge in [-0.1, -0.05) is 17.1 Å². The van der Waals surface area contributed by atoms with Crippen molar-refractivity contribution < 1.29 is 9.90 Å². The molecule has 2 N–H and O–H groups in total. The molecule has 2 aromatic heterocycles. The van der Waals surface area contributed by atoms with Crippen LogP contribution >= 0.6 is 0 Å². The SMILES string of the molecule is O=C(NCCn1ccnn1)c1cncc(C#CCCO)c1. The van der Waals surface area contributed by atoms with E-state index in [0.29, 0.717) is 30.6 Å². The lowest BCUT2D eigenvalue weighted by atomic mass is 10.2. The fourth-order valence-corrected chi connectivity index (χ4v) is 1.59. The highest BCUT2D eigenvalue weighted by Gasteiger charge is 2.05. The van der Waals surface area contributed by atoms with Crippen LogP contribution in [0.2, 0.25) is 0 Å². The molecule has 0 unspecified atom stereocenters. The highest BCUT2D eigenvalue weighted by Crippen LogP contribution is 2.01. The summed E-state index contributed by atoms with van der Waals surface area (Å²) in [4.78, 5) is 16.0. The second-order valence-corrected chi connectivity index (χ2v) is 4.16. The molecule has 1 amide bonds. The van der Waals surface area contributed by atoms with Gasteiger partial charge in [0.2, 0.25) is 0 Å². The average molecular weight is 285 g/mol. The minimum Gasteiger partial charge on any atom is -0.395 e. The molecule has 0 saturated heterocycles. The van der Waals surface area contributed by atoms with E-state index >= 15 is 0 Å². The van der Waals surface area contributed by atoms with Crippen LogP contribution in [0.5, 0.6) is 0 Å². The van der Waals surface area contributed by atoms with Gasteiger partial charge in [-0.25, -0.2) is 0 Å². The third kappa shape index (κ3) is 4.71. The Morgan fingerprint density at radius 2 is 2.33 bits per heavy atom. The molecular weight excluding hydrogens is 270 g/mol. The zero-order chi connectivity index (χ0) is 14.9. The van der Waals surface area contributed by atoms with Crippen molar-refractivity contribution in [1.29, 1.82) is 0 Å². The predicted molar refractivity (Wildman–Crippen MR) is 75.2 cm³/mol. The topological polar surface area (TPSA) is 92.9 Å². The highest BCUT2D eigenvalue weighted by atomic mass is 16.2. The van der Waals surface area contributed by atoms with E-state index in [-0.39, 0.29) is 12.5 Å². The molecule has 0 bridgehead atoms. The van der Waals surface area contributed by atoms with E-state index < -0.39 is 0 Å². The average Bonchev–Trinajstić information content (AvgIpc) is 3.01. The van der Waals surface area contributed by atoms with Gasteiger partial charge >= 0.3 is 0 Å². The van der Waals surface area contributed by atoms with Crippen LogP contribution in [0.4, 0.5) is 0 Å². The maximum atomic E-state index is 12.0. The van der Waals surface area contributed by atoms with E-state index in [1.165, 1.54) is 6.20 Å². The lowest BCUT2D eigenvalue weighted by molar-refractivity contribution is 0.0951. The number of rotatable bonds is 5. The van der Waals surface area contributed by atoms with Gasteiger partial charge in [0.15, 0.2) is 0 Å². The van der Waals surface area contributed by atoms with E-state index in [4.69, 9.17) is 5.11 Å². The normalized spacial score (nSPS) is 9.76. The third-order valence-electron chi connectivity index (χ3n) is 2.57. The lowest BCUT2D eigenvalue weighted by Gasteiger charge is -2.05. The molecule has 0 spiro atoms. The Hall–Kier alpha value is -2.72. The monoisotopic (exact) mass is 285 g/mol. The van der Waals surface area contributed by atoms with Crippen LogP contribution in [0.25, 0.3) is 0 Å². The number of aliphatic hydroxyl groups excluding tert-OH is 1. The van der Waals surface area contributed by atoms with E-state index in [2.05, 4.69) is 32.5 Å². The van der Waals surface area contributed by atoms with E-state index in [0.717, 1.165) is 0 Å². The Morgan fingerprint density at radius 3 is 3.10 bits per heavy atom. The van der Waals surface area contributed by atoms with E-state index in [1.807, 2.05) is 0 Å².